The molecule has 15 heavy (non-hydrogen) atoms. The molecule has 3 rings (SSSR count). The molecule has 3 nitrogen and oxygen atoms in total. The molecule has 3 heteroatoms. The third-order valence-electron chi connectivity index (χ3n) is 2.60. The lowest BCUT2D eigenvalue weighted by atomic mass is 10.3. The van der Waals surface area contributed by atoms with Crippen molar-refractivity contribution in [1.82, 2.24) is 14.4 Å². The van der Waals surface area contributed by atoms with Crippen LogP contribution in [0.2, 0.25) is 0 Å². The van der Waals surface area contributed by atoms with Gasteiger partial charge >= 0.3 is 0 Å². The molecule has 0 amide bonds. The molecular formula is C12H11N3. The Morgan fingerprint density at radius 2 is 2.00 bits per heavy atom. The minimum atomic E-state index is 0.788. The highest BCUT2D eigenvalue weighted by atomic mass is 15.1. The number of rotatable bonds is 1. The summed E-state index contributed by atoms with van der Waals surface area (Å²) in [5.41, 5.74) is 3.19. The molecule has 0 bridgehead atoms. The van der Waals surface area contributed by atoms with Gasteiger partial charge in [0.05, 0.1) is 11.0 Å². The van der Waals surface area contributed by atoms with Crippen LogP contribution < -0.4 is 0 Å². The van der Waals surface area contributed by atoms with Gasteiger partial charge in [0.25, 0.3) is 0 Å². The van der Waals surface area contributed by atoms with Gasteiger partial charge in [0.15, 0.2) is 0 Å². The van der Waals surface area contributed by atoms with Gasteiger partial charge in [0, 0.05) is 11.9 Å². The summed E-state index contributed by atoms with van der Waals surface area (Å²) in [4.78, 5) is 8.96. The van der Waals surface area contributed by atoms with Gasteiger partial charge in [-0.25, -0.2) is 9.97 Å². The van der Waals surface area contributed by atoms with Crippen molar-refractivity contribution in [1.29, 1.82) is 0 Å². The van der Waals surface area contributed by atoms with Crippen LogP contribution in [0.5, 0.6) is 0 Å². The number of benzene rings is 1. The van der Waals surface area contributed by atoms with Crippen LogP contribution in [0.25, 0.3) is 16.8 Å². The van der Waals surface area contributed by atoms with Gasteiger partial charge < -0.3 is 0 Å². The van der Waals surface area contributed by atoms with Crippen molar-refractivity contribution >= 4 is 16.8 Å². The minimum absolute atomic E-state index is 0.788. The van der Waals surface area contributed by atoms with Crippen molar-refractivity contribution in [2.24, 2.45) is 0 Å². The number of aryl methyl sites for hydroxylation is 1. The summed E-state index contributed by atoms with van der Waals surface area (Å²) in [5.74, 6) is 0.788. The lowest BCUT2D eigenvalue weighted by Gasteiger charge is -1.96. The molecular weight excluding hydrogens is 186 g/mol. The first-order chi connectivity index (χ1) is 7.38. The first-order valence-corrected chi connectivity index (χ1v) is 5.11. The predicted molar refractivity (Wildman–Crippen MR) is 59.9 cm³/mol. The Balaban J connectivity index is 2.43. The van der Waals surface area contributed by atoms with Gasteiger partial charge in [-0.05, 0) is 24.6 Å². The zero-order valence-electron chi connectivity index (χ0n) is 8.51. The first kappa shape index (κ1) is 8.41. The lowest BCUT2D eigenvalue weighted by molar-refractivity contribution is 1.00. The van der Waals surface area contributed by atoms with Crippen molar-refractivity contribution in [2.45, 2.75) is 13.3 Å². The van der Waals surface area contributed by atoms with Gasteiger partial charge in [-0.15, -0.1) is 0 Å². The number of hydrogen-bond acceptors (Lipinski definition) is 2. The molecule has 1 aromatic carbocycles. The molecule has 74 valence electrons. The molecule has 0 aliphatic carbocycles. The number of aromatic nitrogens is 3. The summed E-state index contributed by atoms with van der Waals surface area (Å²) < 4.78 is 2.02. The second-order valence-electron chi connectivity index (χ2n) is 3.54. The summed E-state index contributed by atoms with van der Waals surface area (Å²) in [7, 11) is 0. The summed E-state index contributed by atoms with van der Waals surface area (Å²) in [6, 6.07) is 10.1. The van der Waals surface area contributed by atoms with Crippen LogP contribution in [0.4, 0.5) is 0 Å². The summed E-state index contributed by atoms with van der Waals surface area (Å²) in [5, 5.41) is 0. The smallest absolute Gasteiger partial charge is 0.235 e. The number of hydrogen-bond donors (Lipinski definition) is 0. The third-order valence-corrected chi connectivity index (χ3v) is 2.60. The number of fused-ring (bicyclic) bond motifs is 3. The number of nitrogens with zero attached hydrogens (tertiary/aromatic N) is 3. The van der Waals surface area contributed by atoms with Crippen LogP contribution in [0, 0.1) is 0 Å². The molecule has 0 atom stereocenters. The van der Waals surface area contributed by atoms with Gasteiger partial charge in [-0.1, -0.05) is 19.1 Å². The van der Waals surface area contributed by atoms with E-state index in [1.54, 1.807) is 0 Å². The van der Waals surface area contributed by atoms with Crippen molar-refractivity contribution in [2.75, 3.05) is 0 Å². The van der Waals surface area contributed by atoms with Crippen molar-refractivity contribution in [3.8, 4) is 0 Å². The Morgan fingerprint density at radius 3 is 2.87 bits per heavy atom. The number of para-hydroxylation sites is 2. The molecule has 0 N–H and O–H groups in total. The van der Waals surface area contributed by atoms with E-state index in [1.807, 2.05) is 34.9 Å². The van der Waals surface area contributed by atoms with E-state index in [9.17, 15) is 0 Å². The van der Waals surface area contributed by atoms with Crippen LogP contribution in [0.3, 0.4) is 0 Å². The standard InChI is InChI=1S/C12H11N3/c1-2-9-7-8-15-11-6-4-3-5-10(11)14-12(15)13-9/h3-8H,2H2,1H3. The fourth-order valence-electron chi connectivity index (χ4n) is 1.78. The molecule has 0 unspecified atom stereocenters. The van der Waals surface area contributed by atoms with Crippen molar-refractivity contribution in [3.05, 3.63) is 42.2 Å². The van der Waals surface area contributed by atoms with E-state index in [-0.39, 0.29) is 0 Å². The van der Waals surface area contributed by atoms with E-state index in [0.29, 0.717) is 0 Å². The molecule has 0 spiro atoms. The Bertz CT molecular complexity index is 625. The van der Waals surface area contributed by atoms with Gasteiger partial charge in [-0.2, -0.15) is 0 Å². The Morgan fingerprint density at radius 1 is 1.13 bits per heavy atom. The first-order valence-electron chi connectivity index (χ1n) is 5.11. The quantitative estimate of drug-likeness (QED) is 0.599. The molecule has 3 aromatic rings. The van der Waals surface area contributed by atoms with Crippen LogP contribution in [-0.4, -0.2) is 14.4 Å². The highest BCUT2D eigenvalue weighted by molar-refractivity contribution is 5.79. The van der Waals surface area contributed by atoms with Crippen LogP contribution in [0.1, 0.15) is 12.6 Å². The highest BCUT2D eigenvalue weighted by Gasteiger charge is 2.04. The highest BCUT2D eigenvalue weighted by Crippen LogP contribution is 2.14. The van der Waals surface area contributed by atoms with E-state index in [2.05, 4.69) is 23.0 Å². The maximum Gasteiger partial charge on any atom is 0.235 e. The molecule has 0 fully saturated rings. The van der Waals surface area contributed by atoms with Crippen LogP contribution in [-0.2, 0) is 6.42 Å². The molecule has 0 saturated carbocycles. The maximum atomic E-state index is 4.48. The molecule has 0 radical (unpaired) electrons. The SMILES string of the molecule is CCc1ccn2c(n1)nc1ccccc12. The van der Waals surface area contributed by atoms with E-state index >= 15 is 0 Å². The summed E-state index contributed by atoms with van der Waals surface area (Å²) in [6.07, 6.45) is 2.98. The van der Waals surface area contributed by atoms with E-state index in [1.165, 1.54) is 0 Å². The summed E-state index contributed by atoms with van der Waals surface area (Å²) >= 11 is 0. The molecule has 0 aliphatic rings. The van der Waals surface area contributed by atoms with Gasteiger partial charge in [-0.3, -0.25) is 4.40 Å². The van der Waals surface area contributed by atoms with E-state index in [0.717, 1.165) is 28.9 Å². The molecule has 2 aromatic heterocycles. The fourth-order valence-corrected chi connectivity index (χ4v) is 1.78. The van der Waals surface area contributed by atoms with Gasteiger partial charge in [0.2, 0.25) is 5.78 Å². The Hall–Kier alpha value is -1.90. The maximum absolute atomic E-state index is 4.48. The second kappa shape index (κ2) is 3.05. The Kier molecular flexibility index (Phi) is 1.71. The molecule has 0 saturated heterocycles. The Labute approximate surface area is 87.4 Å². The zero-order valence-corrected chi connectivity index (χ0v) is 8.51. The van der Waals surface area contributed by atoms with Crippen molar-refractivity contribution in [3.63, 3.8) is 0 Å². The minimum Gasteiger partial charge on any atom is -0.284 e. The van der Waals surface area contributed by atoms with E-state index in [4.69, 9.17) is 0 Å². The predicted octanol–water partition coefficient (Wildman–Crippen LogP) is 2.44. The normalized spacial score (nSPS) is 11.3. The van der Waals surface area contributed by atoms with Gasteiger partial charge in [0.1, 0.15) is 0 Å². The summed E-state index contributed by atoms with van der Waals surface area (Å²) in [6.45, 7) is 2.10. The fraction of sp³-hybridized carbons (Fsp3) is 0.167. The molecule has 0 aliphatic heterocycles. The second-order valence-corrected chi connectivity index (χ2v) is 3.54. The van der Waals surface area contributed by atoms with E-state index < -0.39 is 0 Å². The number of imidazole rings is 1. The largest absolute Gasteiger partial charge is 0.284 e. The topological polar surface area (TPSA) is 30.2 Å². The van der Waals surface area contributed by atoms with Crippen LogP contribution >= 0.6 is 0 Å². The monoisotopic (exact) mass is 197 g/mol. The van der Waals surface area contributed by atoms with Crippen molar-refractivity contribution < 1.29 is 0 Å². The van der Waals surface area contributed by atoms with Crippen LogP contribution in [0.15, 0.2) is 36.5 Å². The average Bonchev–Trinajstić information content (AvgIpc) is 2.66. The third kappa shape index (κ3) is 1.20. The molecule has 2 heterocycles. The lowest BCUT2D eigenvalue weighted by Crippen LogP contribution is -1.92. The average molecular weight is 197 g/mol. The zero-order chi connectivity index (χ0) is 10.3.